The van der Waals surface area contributed by atoms with E-state index < -0.39 is 5.91 Å². The number of hydrogen-bond donors (Lipinski definition) is 2. The van der Waals surface area contributed by atoms with Crippen molar-refractivity contribution in [3.63, 3.8) is 0 Å². The van der Waals surface area contributed by atoms with Crippen molar-refractivity contribution in [3.8, 4) is 0 Å². The summed E-state index contributed by atoms with van der Waals surface area (Å²) in [5, 5.41) is 6.48. The fourth-order valence-electron chi connectivity index (χ4n) is 2.24. The summed E-state index contributed by atoms with van der Waals surface area (Å²) in [7, 11) is 0. The third kappa shape index (κ3) is 5.27. The highest BCUT2D eigenvalue weighted by Gasteiger charge is 2.14. The van der Waals surface area contributed by atoms with E-state index in [1.165, 1.54) is 12.5 Å². The van der Waals surface area contributed by atoms with Gasteiger partial charge in [-0.15, -0.1) is 0 Å². The molecule has 134 valence electrons. The van der Waals surface area contributed by atoms with E-state index in [1.807, 2.05) is 36.4 Å². The van der Waals surface area contributed by atoms with Crippen molar-refractivity contribution in [1.82, 2.24) is 10.7 Å². The van der Waals surface area contributed by atoms with Crippen LogP contribution < -0.4 is 10.7 Å². The minimum absolute atomic E-state index is 0.0756. The molecule has 0 spiro atoms. The SMILES string of the molecule is O=C(NN=Cc1ccco1)C(=Cc1ccccc1)NC(=O)c1ccccc1. The van der Waals surface area contributed by atoms with Crippen molar-refractivity contribution in [2.45, 2.75) is 0 Å². The molecule has 0 saturated heterocycles. The number of hydrazone groups is 1. The Balaban J connectivity index is 1.78. The Hall–Kier alpha value is -3.93. The van der Waals surface area contributed by atoms with E-state index in [-0.39, 0.29) is 11.6 Å². The maximum Gasteiger partial charge on any atom is 0.287 e. The minimum Gasteiger partial charge on any atom is -0.463 e. The Morgan fingerprint density at radius 2 is 1.59 bits per heavy atom. The van der Waals surface area contributed by atoms with Crippen LogP contribution in [0.5, 0.6) is 0 Å². The van der Waals surface area contributed by atoms with Crippen molar-refractivity contribution in [2.75, 3.05) is 0 Å². The molecule has 0 atom stereocenters. The number of carbonyl (C=O) groups excluding carboxylic acids is 2. The van der Waals surface area contributed by atoms with Gasteiger partial charge in [0.05, 0.1) is 12.5 Å². The first kappa shape index (κ1) is 17.9. The van der Waals surface area contributed by atoms with Crippen molar-refractivity contribution in [2.24, 2.45) is 5.10 Å². The lowest BCUT2D eigenvalue weighted by Gasteiger charge is -2.09. The van der Waals surface area contributed by atoms with Gasteiger partial charge in [-0.05, 0) is 35.9 Å². The molecule has 3 rings (SSSR count). The largest absolute Gasteiger partial charge is 0.463 e. The second kappa shape index (κ2) is 8.96. The summed E-state index contributed by atoms with van der Waals surface area (Å²) in [5.74, 6) is -0.439. The summed E-state index contributed by atoms with van der Waals surface area (Å²) in [5.41, 5.74) is 3.68. The van der Waals surface area contributed by atoms with Crippen LogP contribution in [-0.2, 0) is 4.79 Å². The molecule has 0 radical (unpaired) electrons. The third-order valence-corrected chi connectivity index (χ3v) is 3.54. The summed E-state index contributed by atoms with van der Waals surface area (Å²) >= 11 is 0. The molecule has 2 aromatic carbocycles. The second-order valence-electron chi connectivity index (χ2n) is 5.50. The van der Waals surface area contributed by atoms with Crippen LogP contribution in [0.3, 0.4) is 0 Å². The molecular formula is C21H17N3O3. The molecule has 2 amide bonds. The maximum atomic E-state index is 12.5. The molecule has 0 aliphatic rings. The van der Waals surface area contributed by atoms with Crippen molar-refractivity contribution >= 4 is 24.1 Å². The van der Waals surface area contributed by atoms with Crippen LogP contribution in [0.2, 0.25) is 0 Å². The van der Waals surface area contributed by atoms with Crippen LogP contribution >= 0.6 is 0 Å². The summed E-state index contributed by atoms with van der Waals surface area (Å²) in [4.78, 5) is 24.9. The van der Waals surface area contributed by atoms with E-state index in [0.29, 0.717) is 11.3 Å². The third-order valence-electron chi connectivity index (χ3n) is 3.54. The molecule has 6 nitrogen and oxygen atoms in total. The average Bonchev–Trinajstić information content (AvgIpc) is 3.22. The van der Waals surface area contributed by atoms with Crippen LogP contribution in [0.25, 0.3) is 6.08 Å². The zero-order chi connectivity index (χ0) is 18.9. The van der Waals surface area contributed by atoms with E-state index in [9.17, 15) is 9.59 Å². The Morgan fingerprint density at radius 3 is 2.26 bits per heavy atom. The lowest BCUT2D eigenvalue weighted by atomic mass is 10.1. The molecule has 2 N–H and O–H groups in total. The molecule has 0 fully saturated rings. The Kier molecular flexibility index (Phi) is 5.93. The van der Waals surface area contributed by atoms with E-state index in [0.717, 1.165) is 5.56 Å². The fraction of sp³-hybridized carbons (Fsp3) is 0. The van der Waals surface area contributed by atoms with Gasteiger partial charge in [0.15, 0.2) is 0 Å². The molecule has 0 bridgehead atoms. The van der Waals surface area contributed by atoms with Gasteiger partial charge in [0.1, 0.15) is 11.5 Å². The van der Waals surface area contributed by atoms with Gasteiger partial charge in [-0.25, -0.2) is 5.43 Å². The number of benzene rings is 2. The summed E-state index contributed by atoms with van der Waals surface area (Å²) in [6.45, 7) is 0. The lowest BCUT2D eigenvalue weighted by molar-refractivity contribution is -0.117. The Morgan fingerprint density at radius 1 is 0.889 bits per heavy atom. The fourth-order valence-corrected chi connectivity index (χ4v) is 2.24. The van der Waals surface area contributed by atoms with E-state index >= 15 is 0 Å². The highest BCUT2D eigenvalue weighted by atomic mass is 16.3. The summed E-state index contributed by atoms with van der Waals surface area (Å²) < 4.78 is 5.11. The molecular weight excluding hydrogens is 342 g/mol. The van der Waals surface area contributed by atoms with Crippen molar-refractivity contribution in [1.29, 1.82) is 0 Å². The van der Waals surface area contributed by atoms with Gasteiger partial charge in [-0.2, -0.15) is 5.10 Å². The molecule has 3 aromatic rings. The molecule has 0 saturated carbocycles. The van der Waals surface area contributed by atoms with E-state index in [2.05, 4.69) is 15.8 Å². The number of hydrogen-bond acceptors (Lipinski definition) is 4. The first-order valence-electron chi connectivity index (χ1n) is 8.22. The summed E-state index contributed by atoms with van der Waals surface area (Å²) in [6, 6.07) is 21.3. The highest BCUT2D eigenvalue weighted by molar-refractivity contribution is 6.05. The molecule has 0 unspecified atom stereocenters. The quantitative estimate of drug-likeness (QED) is 0.403. The number of nitrogens with one attached hydrogen (secondary N) is 2. The van der Waals surface area contributed by atoms with Crippen LogP contribution in [0.1, 0.15) is 21.7 Å². The summed E-state index contributed by atoms with van der Waals surface area (Å²) in [6.07, 6.45) is 4.46. The van der Waals surface area contributed by atoms with Gasteiger partial charge in [0.25, 0.3) is 11.8 Å². The Bertz CT molecular complexity index is 947. The second-order valence-corrected chi connectivity index (χ2v) is 5.50. The number of carbonyl (C=O) groups is 2. The predicted octanol–water partition coefficient (Wildman–Crippen LogP) is 3.20. The lowest BCUT2D eigenvalue weighted by Crippen LogP contribution is -2.32. The van der Waals surface area contributed by atoms with Gasteiger partial charge in [-0.3, -0.25) is 9.59 Å². The smallest absolute Gasteiger partial charge is 0.287 e. The monoisotopic (exact) mass is 359 g/mol. The molecule has 0 aliphatic heterocycles. The van der Waals surface area contributed by atoms with Gasteiger partial charge >= 0.3 is 0 Å². The van der Waals surface area contributed by atoms with Crippen LogP contribution in [-0.4, -0.2) is 18.0 Å². The molecule has 1 aromatic heterocycles. The molecule has 6 heteroatoms. The van der Waals surface area contributed by atoms with Gasteiger partial charge in [0, 0.05) is 5.56 Å². The molecule has 27 heavy (non-hydrogen) atoms. The Labute approximate surface area is 156 Å². The van der Waals surface area contributed by atoms with Gasteiger partial charge in [0.2, 0.25) is 0 Å². The van der Waals surface area contributed by atoms with Crippen molar-refractivity contribution in [3.05, 3.63) is 102 Å². The normalized spacial score (nSPS) is 11.3. The molecule has 0 aliphatic carbocycles. The predicted molar refractivity (Wildman–Crippen MR) is 103 cm³/mol. The topological polar surface area (TPSA) is 83.7 Å². The zero-order valence-electron chi connectivity index (χ0n) is 14.3. The number of amides is 2. The van der Waals surface area contributed by atoms with Crippen molar-refractivity contribution < 1.29 is 14.0 Å². The molecule has 1 heterocycles. The zero-order valence-corrected chi connectivity index (χ0v) is 14.3. The first-order valence-corrected chi connectivity index (χ1v) is 8.22. The highest BCUT2D eigenvalue weighted by Crippen LogP contribution is 2.07. The van der Waals surface area contributed by atoms with Gasteiger partial charge in [-0.1, -0.05) is 48.5 Å². The number of furan rings is 1. The number of nitrogens with zero attached hydrogens (tertiary/aromatic N) is 1. The van der Waals surface area contributed by atoms with Crippen LogP contribution in [0.4, 0.5) is 0 Å². The van der Waals surface area contributed by atoms with Crippen LogP contribution in [0.15, 0.2) is 94.3 Å². The van der Waals surface area contributed by atoms with E-state index in [1.54, 1.807) is 42.5 Å². The standard InChI is InChI=1S/C21H17N3O3/c25-20(17-10-5-2-6-11-17)23-19(14-16-8-3-1-4-9-16)21(26)24-22-15-18-12-7-13-27-18/h1-15H,(H,23,25)(H,24,26). The van der Waals surface area contributed by atoms with E-state index in [4.69, 9.17) is 4.42 Å². The number of rotatable bonds is 6. The minimum atomic E-state index is -0.550. The van der Waals surface area contributed by atoms with Gasteiger partial charge < -0.3 is 9.73 Å². The maximum absolute atomic E-state index is 12.5. The average molecular weight is 359 g/mol. The van der Waals surface area contributed by atoms with Crippen LogP contribution in [0, 0.1) is 0 Å². The first-order chi connectivity index (χ1) is 13.2.